The van der Waals surface area contributed by atoms with E-state index in [0.717, 1.165) is 17.6 Å². The molecule has 1 nitrogen and oxygen atoms in total. The summed E-state index contributed by atoms with van der Waals surface area (Å²) in [6.45, 7) is 1.78. The molecule has 2 rings (SSSR count). The maximum absolute atomic E-state index is 5.28. The van der Waals surface area contributed by atoms with Gasteiger partial charge in [-0.3, -0.25) is 0 Å². The Morgan fingerprint density at radius 3 is 2.33 bits per heavy atom. The van der Waals surface area contributed by atoms with Crippen molar-refractivity contribution in [2.24, 2.45) is 0 Å². The highest BCUT2D eigenvalue weighted by atomic mass is 127. The number of halogens is 1. The number of benzene rings is 1. The van der Waals surface area contributed by atoms with Gasteiger partial charge in [0.1, 0.15) is 0 Å². The minimum absolute atomic E-state index is 0.321. The number of hydrogen-bond donors (Lipinski definition) is 0. The smallest absolute Gasteiger partial charge is 0.0593 e. The van der Waals surface area contributed by atoms with Gasteiger partial charge in [0.05, 0.1) is 18.6 Å². The van der Waals surface area contributed by atoms with Crippen LogP contribution in [-0.4, -0.2) is 17.6 Å². The molecule has 1 saturated heterocycles. The summed E-state index contributed by atoms with van der Waals surface area (Å²) in [5, 5.41) is 0. The van der Waals surface area contributed by atoms with Gasteiger partial charge in [0.2, 0.25) is 0 Å². The van der Waals surface area contributed by atoms with Crippen LogP contribution in [0.15, 0.2) is 30.3 Å². The third kappa shape index (κ3) is 1.27. The maximum Gasteiger partial charge on any atom is 0.0593 e. The SMILES string of the molecule is ICC1(c2ccccc2)COC1. The van der Waals surface area contributed by atoms with E-state index in [9.17, 15) is 0 Å². The van der Waals surface area contributed by atoms with Gasteiger partial charge in [-0.15, -0.1) is 0 Å². The molecular formula is C10H11IO. The van der Waals surface area contributed by atoms with Crippen molar-refractivity contribution in [3.8, 4) is 0 Å². The Kier molecular flexibility index (Phi) is 2.37. The predicted octanol–water partition coefficient (Wildman–Crippen LogP) is 2.39. The Balaban J connectivity index is 2.28. The molecule has 64 valence electrons. The zero-order valence-corrected chi connectivity index (χ0v) is 8.95. The van der Waals surface area contributed by atoms with Crippen LogP contribution in [0.1, 0.15) is 5.56 Å². The average molecular weight is 274 g/mol. The van der Waals surface area contributed by atoms with Crippen molar-refractivity contribution in [1.29, 1.82) is 0 Å². The fourth-order valence-electron chi connectivity index (χ4n) is 1.46. The topological polar surface area (TPSA) is 9.23 Å². The van der Waals surface area contributed by atoms with Gasteiger partial charge in [0, 0.05) is 4.43 Å². The van der Waals surface area contributed by atoms with Crippen LogP contribution in [0, 0.1) is 0 Å². The second kappa shape index (κ2) is 3.34. The Bertz CT molecular complexity index is 248. The highest BCUT2D eigenvalue weighted by Gasteiger charge is 2.38. The molecule has 1 heterocycles. The first-order chi connectivity index (χ1) is 5.87. The van der Waals surface area contributed by atoms with Gasteiger partial charge in [-0.05, 0) is 5.56 Å². The van der Waals surface area contributed by atoms with E-state index in [2.05, 4.69) is 52.9 Å². The number of hydrogen-bond acceptors (Lipinski definition) is 1. The summed E-state index contributed by atoms with van der Waals surface area (Å²) >= 11 is 2.44. The summed E-state index contributed by atoms with van der Waals surface area (Å²) in [5.41, 5.74) is 1.74. The molecule has 0 unspecified atom stereocenters. The Morgan fingerprint density at radius 2 is 1.92 bits per heavy atom. The highest BCUT2D eigenvalue weighted by Crippen LogP contribution is 2.33. The number of rotatable bonds is 2. The van der Waals surface area contributed by atoms with E-state index in [1.165, 1.54) is 5.56 Å². The number of alkyl halides is 1. The van der Waals surface area contributed by atoms with E-state index >= 15 is 0 Å². The third-order valence-electron chi connectivity index (χ3n) is 2.40. The fraction of sp³-hybridized carbons (Fsp3) is 0.400. The van der Waals surface area contributed by atoms with E-state index in [1.807, 2.05) is 0 Å². The molecule has 12 heavy (non-hydrogen) atoms. The average Bonchev–Trinajstić information content (AvgIpc) is 2.05. The Hall–Kier alpha value is -0.0900. The summed E-state index contributed by atoms with van der Waals surface area (Å²) in [5.74, 6) is 0. The van der Waals surface area contributed by atoms with E-state index in [1.54, 1.807) is 0 Å². The number of ether oxygens (including phenoxy) is 1. The lowest BCUT2D eigenvalue weighted by Gasteiger charge is -2.40. The van der Waals surface area contributed by atoms with Crippen LogP contribution in [0.5, 0.6) is 0 Å². The first-order valence-electron chi connectivity index (χ1n) is 4.07. The molecule has 0 radical (unpaired) electrons. The van der Waals surface area contributed by atoms with Crippen LogP contribution in [0.2, 0.25) is 0 Å². The molecule has 1 aromatic carbocycles. The van der Waals surface area contributed by atoms with Crippen molar-refractivity contribution < 1.29 is 4.74 Å². The van der Waals surface area contributed by atoms with E-state index in [0.29, 0.717) is 5.41 Å². The van der Waals surface area contributed by atoms with Crippen molar-refractivity contribution in [1.82, 2.24) is 0 Å². The first kappa shape index (κ1) is 8.51. The Morgan fingerprint density at radius 1 is 1.25 bits per heavy atom. The molecule has 0 aliphatic carbocycles. The molecule has 1 fully saturated rings. The molecular weight excluding hydrogens is 263 g/mol. The van der Waals surface area contributed by atoms with Crippen LogP contribution in [-0.2, 0) is 10.2 Å². The van der Waals surface area contributed by atoms with Crippen LogP contribution in [0.4, 0.5) is 0 Å². The van der Waals surface area contributed by atoms with Crippen molar-refractivity contribution in [3.63, 3.8) is 0 Å². The van der Waals surface area contributed by atoms with Gasteiger partial charge in [-0.2, -0.15) is 0 Å². The minimum Gasteiger partial charge on any atom is -0.379 e. The lowest BCUT2D eigenvalue weighted by Crippen LogP contribution is -2.48. The summed E-state index contributed by atoms with van der Waals surface area (Å²) in [7, 11) is 0. The van der Waals surface area contributed by atoms with Crippen LogP contribution in [0.3, 0.4) is 0 Å². The van der Waals surface area contributed by atoms with Crippen molar-refractivity contribution in [3.05, 3.63) is 35.9 Å². The summed E-state index contributed by atoms with van der Waals surface area (Å²) < 4.78 is 6.43. The molecule has 0 saturated carbocycles. The summed E-state index contributed by atoms with van der Waals surface area (Å²) in [4.78, 5) is 0. The van der Waals surface area contributed by atoms with Crippen molar-refractivity contribution in [2.75, 3.05) is 17.6 Å². The van der Waals surface area contributed by atoms with Gasteiger partial charge in [-0.25, -0.2) is 0 Å². The molecule has 2 heteroatoms. The fourth-order valence-corrected chi connectivity index (χ4v) is 2.34. The van der Waals surface area contributed by atoms with Crippen molar-refractivity contribution in [2.45, 2.75) is 5.41 Å². The molecule has 1 aliphatic heterocycles. The quantitative estimate of drug-likeness (QED) is 0.594. The largest absolute Gasteiger partial charge is 0.379 e. The standard InChI is InChI=1S/C10H11IO/c11-6-10(7-12-8-10)9-4-2-1-3-5-9/h1-5H,6-8H2. The van der Waals surface area contributed by atoms with Gasteiger partial charge < -0.3 is 4.74 Å². The van der Waals surface area contributed by atoms with Gasteiger partial charge in [0.15, 0.2) is 0 Å². The molecule has 1 aliphatic rings. The normalized spacial score (nSPS) is 20.1. The minimum atomic E-state index is 0.321. The zero-order chi connectivity index (χ0) is 8.44. The lowest BCUT2D eigenvalue weighted by atomic mass is 9.81. The second-order valence-corrected chi connectivity index (χ2v) is 4.04. The Labute approximate surface area is 86.3 Å². The second-order valence-electron chi connectivity index (χ2n) is 3.27. The molecule has 1 aromatic rings. The van der Waals surface area contributed by atoms with Gasteiger partial charge >= 0.3 is 0 Å². The lowest BCUT2D eigenvalue weighted by molar-refractivity contribution is -0.0457. The van der Waals surface area contributed by atoms with Crippen LogP contribution < -0.4 is 0 Å². The molecule has 0 spiro atoms. The summed E-state index contributed by atoms with van der Waals surface area (Å²) in [6.07, 6.45) is 0. The van der Waals surface area contributed by atoms with E-state index in [-0.39, 0.29) is 0 Å². The maximum atomic E-state index is 5.28. The molecule has 0 bridgehead atoms. The van der Waals surface area contributed by atoms with Gasteiger partial charge in [-0.1, -0.05) is 52.9 Å². The highest BCUT2D eigenvalue weighted by molar-refractivity contribution is 14.1. The van der Waals surface area contributed by atoms with E-state index in [4.69, 9.17) is 4.74 Å². The van der Waals surface area contributed by atoms with Crippen LogP contribution in [0.25, 0.3) is 0 Å². The molecule has 0 amide bonds. The van der Waals surface area contributed by atoms with Gasteiger partial charge in [0.25, 0.3) is 0 Å². The van der Waals surface area contributed by atoms with E-state index < -0.39 is 0 Å². The monoisotopic (exact) mass is 274 g/mol. The molecule has 0 aromatic heterocycles. The zero-order valence-electron chi connectivity index (χ0n) is 6.79. The summed E-state index contributed by atoms with van der Waals surface area (Å²) in [6, 6.07) is 10.6. The van der Waals surface area contributed by atoms with Crippen molar-refractivity contribution >= 4 is 22.6 Å². The third-order valence-corrected chi connectivity index (χ3v) is 3.86. The molecule has 0 atom stereocenters. The molecule has 0 N–H and O–H groups in total. The van der Waals surface area contributed by atoms with Crippen LogP contribution >= 0.6 is 22.6 Å². The first-order valence-corrected chi connectivity index (χ1v) is 5.59. The predicted molar refractivity (Wildman–Crippen MR) is 57.8 cm³/mol.